The molecule has 0 spiro atoms. The molecule has 2 aromatic heterocycles. The van der Waals surface area contributed by atoms with Crippen molar-refractivity contribution in [1.82, 2.24) is 30.9 Å². The largest absolute Gasteiger partial charge is 0.481 e. The Labute approximate surface area is 152 Å². The zero-order valence-electron chi connectivity index (χ0n) is 15.2. The molecule has 3 heterocycles. The molecule has 3 unspecified atom stereocenters. The van der Waals surface area contributed by atoms with E-state index in [1.165, 1.54) is 0 Å². The highest BCUT2D eigenvalue weighted by molar-refractivity contribution is 5.71. The van der Waals surface area contributed by atoms with Crippen LogP contribution in [0.15, 0.2) is 18.3 Å². The standard InChI is InChI=1S/C18H26N6O2/c1-11(2)7-15(18(25)26)14(17-21-23-24-22-17)8-12-3-4-16(20-9-12)13-5-6-19-10-13/h3-4,9,11,13-15,19H,5-8,10H2,1-2H3,(H,25,26)(H,21,22,23,24). The number of rotatable bonds is 8. The molecule has 1 saturated heterocycles. The van der Waals surface area contributed by atoms with Crippen LogP contribution in [0, 0.1) is 11.8 Å². The molecule has 3 N–H and O–H groups in total. The first-order valence-electron chi connectivity index (χ1n) is 9.16. The van der Waals surface area contributed by atoms with Crippen molar-refractivity contribution in [1.29, 1.82) is 0 Å². The van der Waals surface area contributed by atoms with E-state index in [-0.39, 0.29) is 11.8 Å². The highest BCUT2D eigenvalue weighted by Crippen LogP contribution is 2.31. The summed E-state index contributed by atoms with van der Waals surface area (Å²) in [6.07, 6.45) is 4.05. The molecule has 0 aromatic carbocycles. The van der Waals surface area contributed by atoms with Crippen LogP contribution in [0.5, 0.6) is 0 Å². The molecule has 3 atom stereocenters. The lowest BCUT2D eigenvalue weighted by molar-refractivity contribution is -0.143. The number of aliphatic carboxylic acids is 1. The molecule has 0 amide bonds. The van der Waals surface area contributed by atoms with Gasteiger partial charge >= 0.3 is 5.97 Å². The Bertz CT molecular complexity index is 695. The third-order valence-electron chi connectivity index (χ3n) is 5.00. The summed E-state index contributed by atoms with van der Waals surface area (Å²) < 4.78 is 0. The fourth-order valence-electron chi connectivity index (χ4n) is 3.64. The van der Waals surface area contributed by atoms with Gasteiger partial charge in [-0.2, -0.15) is 5.21 Å². The number of tetrazole rings is 1. The van der Waals surface area contributed by atoms with Crippen LogP contribution in [0.2, 0.25) is 0 Å². The average molecular weight is 358 g/mol. The second kappa shape index (κ2) is 8.35. The number of aromatic amines is 1. The Kier molecular flexibility index (Phi) is 5.92. The predicted molar refractivity (Wildman–Crippen MR) is 95.7 cm³/mol. The molecule has 2 aromatic rings. The highest BCUT2D eigenvalue weighted by Gasteiger charge is 2.33. The second-order valence-corrected chi connectivity index (χ2v) is 7.44. The lowest BCUT2D eigenvalue weighted by atomic mass is 9.81. The smallest absolute Gasteiger partial charge is 0.307 e. The van der Waals surface area contributed by atoms with Crippen molar-refractivity contribution in [3.05, 3.63) is 35.4 Å². The predicted octanol–water partition coefficient (Wildman–Crippen LogP) is 1.74. The lowest BCUT2D eigenvalue weighted by Crippen LogP contribution is -2.26. The molecule has 8 nitrogen and oxygen atoms in total. The van der Waals surface area contributed by atoms with Crippen LogP contribution in [0.4, 0.5) is 0 Å². The van der Waals surface area contributed by atoms with Gasteiger partial charge in [-0.1, -0.05) is 25.1 Å². The Hall–Kier alpha value is -2.35. The highest BCUT2D eigenvalue weighted by atomic mass is 16.4. The number of hydrogen-bond donors (Lipinski definition) is 3. The van der Waals surface area contributed by atoms with Crippen molar-refractivity contribution in [3.63, 3.8) is 0 Å². The van der Waals surface area contributed by atoms with Gasteiger partial charge in [-0.05, 0) is 43.4 Å². The molecule has 26 heavy (non-hydrogen) atoms. The van der Waals surface area contributed by atoms with E-state index in [0.717, 1.165) is 30.8 Å². The molecule has 0 aliphatic carbocycles. The lowest BCUT2D eigenvalue weighted by Gasteiger charge is -2.23. The number of carboxylic acids is 1. The van der Waals surface area contributed by atoms with E-state index in [1.807, 2.05) is 26.1 Å². The number of pyridine rings is 1. The molecule has 1 aliphatic rings. The second-order valence-electron chi connectivity index (χ2n) is 7.44. The maximum Gasteiger partial charge on any atom is 0.307 e. The fourth-order valence-corrected chi connectivity index (χ4v) is 3.64. The molecule has 0 radical (unpaired) electrons. The summed E-state index contributed by atoms with van der Waals surface area (Å²) in [4.78, 5) is 16.5. The number of hydrogen-bond acceptors (Lipinski definition) is 6. The van der Waals surface area contributed by atoms with Gasteiger partial charge in [-0.3, -0.25) is 9.78 Å². The van der Waals surface area contributed by atoms with Gasteiger partial charge in [0.05, 0.1) is 5.92 Å². The van der Waals surface area contributed by atoms with E-state index in [0.29, 0.717) is 24.6 Å². The molecule has 0 saturated carbocycles. The molecule has 0 bridgehead atoms. The monoisotopic (exact) mass is 358 g/mol. The Balaban J connectivity index is 1.80. The molecule has 3 rings (SSSR count). The van der Waals surface area contributed by atoms with Crippen molar-refractivity contribution >= 4 is 5.97 Å². The number of nitrogens with one attached hydrogen (secondary N) is 2. The summed E-state index contributed by atoms with van der Waals surface area (Å²) in [6, 6.07) is 4.10. The quantitative estimate of drug-likeness (QED) is 0.658. The van der Waals surface area contributed by atoms with E-state index in [2.05, 4.69) is 37.0 Å². The Morgan fingerprint density at radius 3 is 2.77 bits per heavy atom. The molecule has 1 fully saturated rings. The van der Waals surface area contributed by atoms with Gasteiger partial charge in [-0.15, -0.1) is 10.2 Å². The fraction of sp³-hybridized carbons (Fsp3) is 0.611. The topological polar surface area (TPSA) is 117 Å². The molecule has 140 valence electrons. The number of aromatic nitrogens is 5. The van der Waals surface area contributed by atoms with Crippen LogP contribution >= 0.6 is 0 Å². The Morgan fingerprint density at radius 2 is 2.23 bits per heavy atom. The maximum atomic E-state index is 11.9. The maximum absolute atomic E-state index is 11.9. The summed E-state index contributed by atoms with van der Waals surface area (Å²) in [7, 11) is 0. The van der Waals surface area contributed by atoms with Gasteiger partial charge in [0, 0.05) is 30.3 Å². The van der Waals surface area contributed by atoms with Gasteiger partial charge in [0.1, 0.15) is 0 Å². The van der Waals surface area contributed by atoms with E-state index < -0.39 is 11.9 Å². The summed E-state index contributed by atoms with van der Waals surface area (Å²) in [5.74, 6) is -0.552. The zero-order valence-corrected chi connectivity index (χ0v) is 15.2. The van der Waals surface area contributed by atoms with Crippen molar-refractivity contribution in [2.75, 3.05) is 13.1 Å². The van der Waals surface area contributed by atoms with Crippen LogP contribution in [0.25, 0.3) is 0 Å². The van der Waals surface area contributed by atoms with Gasteiger partial charge < -0.3 is 10.4 Å². The summed E-state index contributed by atoms with van der Waals surface area (Å²) in [6.45, 7) is 6.04. The van der Waals surface area contributed by atoms with Crippen LogP contribution < -0.4 is 5.32 Å². The van der Waals surface area contributed by atoms with E-state index in [1.54, 1.807) is 0 Å². The molecule has 8 heteroatoms. The van der Waals surface area contributed by atoms with Crippen LogP contribution in [0.3, 0.4) is 0 Å². The molecular formula is C18H26N6O2. The number of carbonyl (C=O) groups is 1. The van der Waals surface area contributed by atoms with Gasteiger partial charge in [-0.25, -0.2) is 0 Å². The third kappa shape index (κ3) is 4.43. The molecular weight excluding hydrogens is 332 g/mol. The van der Waals surface area contributed by atoms with Crippen LogP contribution in [-0.4, -0.2) is 49.8 Å². The average Bonchev–Trinajstić information content (AvgIpc) is 3.31. The number of nitrogens with zero attached hydrogens (tertiary/aromatic N) is 4. The minimum Gasteiger partial charge on any atom is -0.481 e. The van der Waals surface area contributed by atoms with Crippen molar-refractivity contribution in [2.45, 2.75) is 44.9 Å². The first-order chi connectivity index (χ1) is 12.5. The summed E-state index contributed by atoms with van der Waals surface area (Å²) >= 11 is 0. The van der Waals surface area contributed by atoms with Crippen molar-refractivity contribution in [2.24, 2.45) is 11.8 Å². The van der Waals surface area contributed by atoms with E-state index in [9.17, 15) is 9.90 Å². The van der Waals surface area contributed by atoms with Crippen LogP contribution in [0.1, 0.15) is 55.6 Å². The van der Waals surface area contributed by atoms with Gasteiger partial charge in [0.25, 0.3) is 0 Å². The van der Waals surface area contributed by atoms with Crippen molar-refractivity contribution in [3.8, 4) is 0 Å². The van der Waals surface area contributed by atoms with E-state index in [4.69, 9.17) is 0 Å². The van der Waals surface area contributed by atoms with Crippen molar-refractivity contribution < 1.29 is 9.90 Å². The normalized spacial score (nSPS) is 19.6. The number of H-pyrrole nitrogens is 1. The van der Waals surface area contributed by atoms with E-state index >= 15 is 0 Å². The first kappa shape index (κ1) is 18.4. The number of carboxylic acid groups (broad SMARTS) is 1. The zero-order chi connectivity index (χ0) is 18.5. The third-order valence-corrected chi connectivity index (χ3v) is 5.00. The summed E-state index contributed by atoms with van der Waals surface area (Å²) in [5.41, 5.74) is 2.08. The first-order valence-corrected chi connectivity index (χ1v) is 9.16. The summed E-state index contributed by atoms with van der Waals surface area (Å²) in [5, 5.41) is 27.3. The van der Waals surface area contributed by atoms with Crippen LogP contribution in [-0.2, 0) is 11.2 Å². The SMILES string of the molecule is CC(C)CC(C(=O)O)C(Cc1ccc(C2CCNC2)nc1)c1nn[nH]n1. The van der Waals surface area contributed by atoms with Gasteiger partial charge in [0.15, 0.2) is 5.82 Å². The minimum atomic E-state index is -0.824. The minimum absolute atomic E-state index is 0.265. The Morgan fingerprint density at radius 1 is 1.38 bits per heavy atom. The molecule has 1 aliphatic heterocycles. The van der Waals surface area contributed by atoms with Gasteiger partial charge in [0.2, 0.25) is 0 Å².